The van der Waals surface area contributed by atoms with Crippen LogP contribution >= 0.6 is 39.0 Å². The average molecular weight is 543 g/mol. The third-order valence-corrected chi connectivity index (χ3v) is 6.88. The molecule has 1 aliphatic rings. The number of ether oxygens (including phenoxy) is 1. The molecule has 6 N–H and O–H groups in total. The Balaban J connectivity index is 1.77. The molecule has 3 rings (SSSR count). The van der Waals surface area contributed by atoms with Crippen LogP contribution in [-0.4, -0.2) is 61.7 Å². The molecule has 1 aliphatic heterocycles. The van der Waals surface area contributed by atoms with E-state index in [1.165, 1.54) is 23.6 Å². The number of halogens is 4. The highest BCUT2D eigenvalue weighted by atomic mass is 79.9. The van der Waals surface area contributed by atoms with Crippen LogP contribution in [0.5, 0.6) is 0 Å². The molecule has 0 amide bonds. The number of thioether (sulfide) groups is 1. The van der Waals surface area contributed by atoms with Gasteiger partial charge in [-0.05, 0) is 22.0 Å². The molecule has 0 saturated carbocycles. The number of rotatable bonds is 6. The maximum atomic E-state index is 12.9. The molecule has 0 aromatic carbocycles. The summed E-state index contributed by atoms with van der Waals surface area (Å²) in [4.78, 5) is 7.76. The second kappa shape index (κ2) is 10.0. The van der Waals surface area contributed by atoms with Crippen molar-refractivity contribution in [1.29, 1.82) is 0 Å². The van der Waals surface area contributed by atoms with Gasteiger partial charge in [0.15, 0.2) is 5.69 Å². The van der Waals surface area contributed by atoms with E-state index in [9.17, 15) is 28.5 Å². The second-order valence-electron chi connectivity index (χ2n) is 6.45. The van der Waals surface area contributed by atoms with Gasteiger partial charge in [0.2, 0.25) is 0 Å². The highest BCUT2D eigenvalue weighted by molar-refractivity contribution is 9.10. The van der Waals surface area contributed by atoms with E-state index >= 15 is 0 Å². The molecular weight excluding hydrogens is 525 g/mol. The van der Waals surface area contributed by atoms with Crippen molar-refractivity contribution in [2.24, 2.45) is 5.73 Å². The van der Waals surface area contributed by atoms with E-state index < -0.39 is 48.3 Å². The monoisotopic (exact) mass is 542 g/mol. The zero-order valence-corrected chi connectivity index (χ0v) is 18.7. The van der Waals surface area contributed by atoms with Gasteiger partial charge in [-0.25, -0.2) is 9.97 Å². The fraction of sp³-hybridized carbons (Fsp3) is 0.412. The molecule has 0 spiro atoms. The number of alkyl halides is 3. The first-order valence-electron chi connectivity index (χ1n) is 8.75. The summed E-state index contributed by atoms with van der Waals surface area (Å²) in [6, 6.07) is 0.228. The van der Waals surface area contributed by atoms with Gasteiger partial charge >= 0.3 is 6.18 Å². The first-order chi connectivity index (χ1) is 14.6. The highest BCUT2D eigenvalue weighted by Gasteiger charge is 2.44. The van der Waals surface area contributed by atoms with E-state index in [1.807, 2.05) is 0 Å². The lowest BCUT2D eigenvalue weighted by Gasteiger charge is -2.42. The number of thiazole rings is 1. The van der Waals surface area contributed by atoms with Gasteiger partial charge in [-0.1, -0.05) is 11.8 Å². The number of aromatic nitrogens is 2. The van der Waals surface area contributed by atoms with Crippen LogP contribution in [0.1, 0.15) is 10.7 Å². The summed E-state index contributed by atoms with van der Waals surface area (Å²) >= 11 is 5.06. The smallest absolute Gasteiger partial charge is 0.395 e. The average Bonchev–Trinajstić information content (AvgIpc) is 3.24. The van der Waals surface area contributed by atoms with Crippen molar-refractivity contribution in [2.75, 3.05) is 6.61 Å². The minimum atomic E-state index is -4.62. The molecule has 1 saturated heterocycles. The fourth-order valence-electron chi connectivity index (χ4n) is 2.82. The van der Waals surface area contributed by atoms with Gasteiger partial charge in [-0.3, -0.25) is 0 Å². The molecule has 8 nitrogen and oxygen atoms in total. The van der Waals surface area contributed by atoms with Crippen LogP contribution in [0.3, 0.4) is 0 Å². The Hall–Kier alpha value is -1.42. The van der Waals surface area contributed by atoms with Crippen molar-refractivity contribution >= 4 is 44.7 Å². The molecule has 14 heteroatoms. The fourth-order valence-corrected chi connectivity index (χ4v) is 5.19. The summed E-state index contributed by atoms with van der Waals surface area (Å²) in [5, 5.41) is 35.8. The molecule has 1 fully saturated rings. The Labute approximate surface area is 191 Å². The number of nitrogens with one attached hydrogen (secondary N) is 1. The van der Waals surface area contributed by atoms with E-state index in [4.69, 9.17) is 10.5 Å². The van der Waals surface area contributed by atoms with Gasteiger partial charge in [0.05, 0.1) is 18.3 Å². The Kier molecular flexibility index (Phi) is 7.83. The predicted octanol–water partition coefficient (Wildman–Crippen LogP) is 1.77. The zero-order valence-electron chi connectivity index (χ0n) is 15.5. The van der Waals surface area contributed by atoms with Crippen LogP contribution in [0, 0.1) is 0 Å². The molecule has 170 valence electrons. The van der Waals surface area contributed by atoms with Crippen LogP contribution in [0.4, 0.5) is 13.2 Å². The van der Waals surface area contributed by atoms with Gasteiger partial charge < -0.3 is 31.1 Å². The van der Waals surface area contributed by atoms with Gasteiger partial charge in [0, 0.05) is 33.3 Å². The topological polar surface area (TPSA) is 134 Å². The van der Waals surface area contributed by atoms with Crippen molar-refractivity contribution in [1.82, 2.24) is 15.3 Å². The molecule has 5 unspecified atom stereocenters. The molecule has 3 heterocycles. The minimum absolute atomic E-state index is 0.261. The first-order valence-corrected chi connectivity index (χ1v) is 11.3. The van der Waals surface area contributed by atoms with Crippen molar-refractivity contribution in [3.05, 3.63) is 45.2 Å². The molecular formula is C17H18BrF3N4O4S2. The molecule has 2 aromatic rings. The summed E-state index contributed by atoms with van der Waals surface area (Å²) in [5.74, 6) is 0. The Bertz CT molecular complexity index is 919. The molecule has 31 heavy (non-hydrogen) atoms. The summed E-state index contributed by atoms with van der Waals surface area (Å²) in [5.41, 5.74) is 4.12. The van der Waals surface area contributed by atoms with E-state index in [0.717, 1.165) is 18.0 Å². The van der Waals surface area contributed by atoms with Gasteiger partial charge in [0.1, 0.15) is 28.8 Å². The van der Waals surface area contributed by atoms with Crippen LogP contribution in [0.25, 0.3) is 5.70 Å². The SMILES string of the molecule is N/C(=C\NC1C(O)C(CO)OC(Sc2cnc(C(F)(F)F)c(Br)c2)C1O)c1nccs1. The van der Waals surface area contributed by atoms with E-state index in [2.05, 4.69) is 31.2 Å². The summed E-state index contributed by atoms with van der Waals surface area (Å²) in [6.07, 6.45) is -4.28. The molecule has 0 bridgehead atoms. The van der Waals surface area contributed by atoms with Gasteiger partial charge in [0.25, 0.3) is 0 Å². The maximum absolute atomic E-state index is 12.9. The number of pyridine rings is 1. The summed E-state index contributed by atoms with van der Waals surface area (Å²) in [7, 11) is 0. The third-order valence-electron chi connectivity index (χ3n) is 4.33. The number of hydrogen-bond donors (Lipinski definition) is 5. The number of nitrogens with two attached hydrogens (primary N) is 1. The summed E-state index contributed by atoms with van der Waals surface area (Å²) in [6.45, 7) is -0.538. The van der Waals surface area contributed by atoms with Crippen molar-refractivity contribution in [2.45, 2.75) is 40.9 Å². The normalized spacial score (nSPS) is 27.3. The first kappa shape index (κ1) is 24.2. The third kappa shape index (κ3) is 5.69. The second-order valence-corrected chi connectivity index (χ2v) is 9.37. The largest absolute Gasteiger partial charge is 0.434 e. The lowest BCUT2D eigenvalue weighted by Crippen LogP contribution is -2.62. The molecule has 5 atom stereocenters. The van der Waals surface area contributed by atoms with E-state index in [-0.39, 0.29) is 15.1 Å². The van der Waals surface area contributed by atoms with Gasteiger partial charge in [-0.2, -0.15) is 13.2 Å². The zero-order chi connectivity index (χ0) is 22.8. The van der Waals surface area contributed by atoms with Crippen LogP contribution in [0.15, 0.2) is 39.4 Å². The van der Waals surface area contributed by atoms with Crippen molar-refractivity contribution in [3.63, 3.8) is 0 Å². The Morgan fingerprint density at radius 1 is 1.35 bits per heavy atom. The van der Waals surface area contributed by atoms with E-state index in [1.54, 1.807) is 11.6 Å². The summed E-state index contributed by atoms with van der Waals surface area (Å²) < 4.78 is 44.0. The minimum Gasteiger partial charge on any atom is -0.395 e. The van der Waals surface area contributed by atoms with Crippen molar-refractivity contribution in [3.8, 4) is 0 Å². The number of hydrogen-bond acceptors (Lipinski definition) is 10. The molecule has 0 aliphatic carbocycles. The van der Waals surface area contributed by atoms with Gasteiger partial charge in [-0.15, -0.1) is 11.3 Å². The maximum Gasteiger partial charge on any atom is 0.434 e. The molecule has 2 aromatic heterocycles. The predicted molar refractivity (Wildman–Crippen MR) is 112 cm³/mol. The number of aliphatic hydroxyl groups excluding tert-OH is 3. The quantitative estimate of drug-likeness (QED) is 0.370. The Morgan fingerprint density at radius 3 is 2.68 bits per heavy atom. The number of aliphatic hydroxyl groups is 3. The lowest BCUT2D eigenvalue weighted by atomic mass is 9.97. The van der Waals surface area contributed by atoms with E-state index in [0.29, 0.717) is 5.01 Å². The van der Waals surface area contributed by atoms with Crippen molar-refractivity contribution < 1.29 is 33.2 Å². The number of nitrogens with zero attached hydrogens (tertiary/aromatic N) is 2. The van der Waals surface area contributed by atoms with Crippen LogP contribution < -0.4 is 11.1 Å². The Morgan fingerprint density at radius 2 is 2.10 bits per heavy atom. The lowest BCUT2D eigenvalue weighted by molar-refractivity contribution is -0.164. The van der Waals surface area contributed by atoms with Crippen LogP contribution in [0.2, 0.25) is 0 Å². The molecule has 0 radical (unpaired) electrons. The standard InChI is InChI=1S/C17H18BrF3N4O4S2/c18-8-3-7(4-25-14(8)17(19,20)21)31-16-13(28)11(12(27)10(6-26)29-16)24-5-9(22)15-23-1-2-30-15/h1-5,10-13,16,24,26-28H,6,22H2/b9-5-. The van der Waals surface area contributed by atoms with Crippen LogP contribution in [-0.2, 0) is 10.9 Å². The highest BCUT2D eigenvalue weighted by Crippen LogP contribution is 2.38.